The molecule has 2 heterocycles. The summed E-state index contributed by atoms with van der Waals surface area (Å²) in [7, 11) is 0. The average Bonchev–Trinajstić information content (AvgIpc) is 2.64. The molecule has 2 aromatic rings. The van der Waals surface area contributed by atoms with E-state index in [9.17, 15) is 0 Å². The quantitative estimate of drug-likeness (QED) is 0.899. The molecule has 0 spiro atoms. The number of thiophene rings is 1. The van der Waals surface area contributed by atoms with E-state index in [1.54, 1.807) is 11.3 Å². The number of anilines is 1. The van der Waals surface area contributed by atoms with Gasteiger partial charge in [-0.15, -0.1) is 11.3 Å². The summed E-state index contributed by atoms with van der Waals surface area (Å²) in [4.78, 5) is 11.8. The Morgan fingerprint density at radius 1 is 1.26 bits per heavy atom. The van der Waals surface area contributed by atoms with Crippen LogP contribution in [0.5, 0.6) is 0 Å². The summed E-state index contributed by atoms with van der Waals surface area (Å²) >= 11 is 1.75. The van der Waals surface area contributed by atoms with E-state index in [0.29, 0.717) is 0 Å². The molecule has 0 radical (unpaired) electrons. The predicted octanol–water partition coefficient (Wildman–Crippen LogP) is 4.41. The summed E-state index contributed by atoms with van der Waals surface area (Å²) < 4.78 is 0. The molecule has 0 fully saturated rings. The summed E-state index contributed by atoms with van der Waals surface area (Å²) in [6.45, 7) is 11.9. The van der Waals surface area contributed by atoms with Gasteiger partial charge in [0.2, 0.25) is 0 Å². The Balaban J connectivity index is 2.43. The van der Waals surface area contributed by atoms with Gasteiger partial charge in [0.1, 0.15) is 16.5 Å². The molecule has 0 aliphatic heterocycles. The van der Waals surface area contributed by atoms with Crippen LogP contribution in [0.15, 0.2) is 6.07 Å². The van der Waals surface area contributed by atoms with Gasteiger partial charge in [0, 0.05) is 17.8 Å². The third-order valence-corrected chi connectivity index (χ3v) is 3.74. The minimum Gasteiger partial charge on any atom is -0.369 e. The van der Waals surface area contributed by atoms with Crippen LogP contribution in [-0.4, -0.2) is 16.5 Å². The summed E-state index contributed by atoms with van der Waals surface area (Å²) in [5.41, 5.74) is 0.210. The second-order valence-electron chi connectivity index (χ2n) is 6.23. The first-order valence-corrected chi connectivity index (χ1v) is 7.71. The lowest BCUT2D eigenvalue weighted by molar-refractivity contribution is 0.401. The highest BCUT2D eigenvalue weighted by Crippen LogP contribution is 2.30. The maximum atomic E-state index is 4.72. The van der Waals surface area contributed by atoms with Gasteiger partial charge in [0.15, 0.2) is 0 Å². The van der Waals surface area contributed by atoms with E-state index in [4.69, 9.17) is 9.97 Å². The molecule has 0 aliphatic carbocycles. The fourth-order valence-corrected chi connectivity index (χ4v) is 2.92. The molecule has 3 nitrogen and oxygen atoms in total. The van der Waals surface area contributed by atoms with Gasteiger partial charge in [-0.1, -0.05) is 27.7 Å². The van der Waals surface area contributed by atoms with Crippen LogP contribution < -0.4 is 5.32 Å². The van der Waals surface area contributed by atoms with E-state index in [-0.39, 0.29) is 5.41 Å². The van der Waals surface area contributed by atoms with Crippen molar-refractivity contribution in [3.05, 3.63) is 16.8 Å². The lowest BCUT2D eigenvalue weighted by atomic mass is 9.92. The Morgan fingerprint density at radius 3 is 2.63 bits per heavy atom. The van der Waals surface area contributed by atoms with Crippen molar-refractivity contribution in [3.63, 3.8) is 0 Å². The second-order valence-corrected chi connectivity index (χ2v) is 7.46. The summed E-state index contributed by atoms with van der Waals surface area (Å²) in [6.07, 6.45) is 2.00. The SMILES string of the molecule is CCCNc1nc(CC(C)(C)C)nc2sc(C)cc12. The van der Waals surface area contributed by atoms with Gasteiger partial charge >= 0.3 is 0 Å². The number of nitrogens with one attached hydrogen (secondary N) is 1. The van der Waals surface area contributed by atoms with E-state index in [1.165, 1.54) is 4.88 Å². The predicted molar refractivity (Wildman–Crippen MR) is 84.1 cm³/mol. The van der Waals surface area contributed by atoms with Crippen LogP contribution in [0.25, 0.3) is 10.2 Å². The number of hydrogen-bond donors (Lipinski definition) is 1. The Hall–Kier alpha value is -1.16. The van der Waals surface area contributed by atoms with Crippen molar-refractivity contribution in [1.82, 2.24) is 9.97 Å². The van der Waals surface area contributed by atoms with Crippen molar-refractivity contribution in [3.8, 4) is 0 Å². The third kappa shape index (κ3) is 3.66. The summed E-state index contributed by atoms with van der Waals surface area (Å²) in [5, 5.41) is 4.59. The molecular formula is C15H23N3S. The number of hydrogen-bond acceptors (Lipinski definition) is 4. The first-order chi connectivity index (χ1) is 8.89. The number of nitrogens with zero attached hydrogens (tertiary/aromatic N) is 2. The standard InChI is InChI=1S/C15H23N3S/c1-6-7-16-13-11-8-10(2)19-14(11)18-12(17-13)9-15(3,4)5/h8H,6-7,9H2,1-5H3,(H,16,17,18). The lowest BCUT2D eigenvalue weighted by Crippen LogP contribution is -2.13. The number of aromatic nitrogens is 2. The monoisotopic (exact) mass is 277 g/mol. The van der Waals surface area contributed by atoms with Crippen LogP contribution in [0, 0.1) is 12.3 Å². The van der Waals surface area contributed by atoms with E-state index in [1.807, 2.05) is 0 Å². The molecule has 0 bridgehead atoms. The number of fused-ring (bicyclic) bond motifs is 1. The number of aryl methyl sites for hydroxylation is 1. The maximum Gasteiger partial charge on any atom is 0.138 e. The smallest absolute Gasteiger partial charge is 0.138 e. The van der Waals surface area contributed by atoms with Crippen LogP contribution >= 0.6 is 11.3 Å². The third-order valence-electron chi connectivity index (χ3n) is 2.79. The van der Waals surface area contributed by atoms with Crippen molar-refractivity contribution in [2.45, 2.75) is 47.5 Å². The highest BCUT2D eigenvalue weighted by atomic mass is 32.1. The molecule has 4 heteroatoms. The van der Waals surface area contributed by atoms with Crippen molar-refractivity contribution in [2.75, 3.05) is 11.9 Å². The molecule has 1 N–H and O–H groups in total. The molecule has 0 saturated heterocycles. The normalized spacial score (nSPS) is 12.1. The summed E-state index contributed by atoms with van der Waals surface area (Å²) in [5.74, 6) is 1.94. The highest BCUT2D eigenvalue weighted by molar-refractivity contribution is 7.18. The highest BCUT2D eigenvalue weighted by Gasteiger charge is 2.16. The van der Waals surface area contributed by atoms with Crippen molar-refractivity contribution < 1.29 is 0 Å². The van der Waals surface area contributed by atoms with Gasteiger partial charge in [-0.3, -0.25) is 0 Å². The first-order valence-electron chi connectivity index (χ1n) is 6.90. The molecule has 0 unspecified atom stereocenters. The maximum absolute atomic E-state index is 4.72. The molecule has 19 heavy (non-hydrogen) atoms. The van der Waals surface area contributed by atoms with Crippen LogP contribution in [0.2, 0.25) is 0 Å². The molecule has 104 valence electrons. The van der Waals surface area contributed by atoms with Gasteiger partial charge in [0.25, 0.3) is 0 Å². The molecule has 2 rings (SSSR count). The van der Waals surface area contributed by atoms with Crippen LogP contribution in [0.4, 0.5) is 5.82 Å². The van der Waals surface area contributed by atoms with E-state index >= 15 is 0 Å². The van der Waals surface area contributed by atoms with Crippen LogP contribution in [0.1, 0.15) is 44.8 Å². The average molecular weight is 277 g/mol. The molecule has 0 amide bonds. The van der Waals surface area contributed by atoms with E-state index in [2.05, 4.69) is 46.0 Å². The Bertz CT molecular complexity index is 567. The fourth-order valence-electron chi connectivity index (χ4n) is 2.02. The zero-order chi connectivity index (χ0) is 14.0. The summed E-state index contributed by atoms with van der Waals surface area (Å²) in [6, 6.07) is 2.18. The lowest BCUT2D eigenvalue weighted by Gasteiger charge is -2.17. The van der Waals surface area contributed by atoms with E-state index in [0.717, 1.165) is 41.2 Å². The Morgan fingerprint density at radius 2 is 2.00 bits per heavy atom. The molecule has 0 saturated carbocycles. The Labute approximate surface area is 119 Å². The topological polar surface area (TPSA) is 37.8 Å². The van der Waals surface area contributed by atoms with Crippen molar-refractivity contribution in [2.24, 2.45) is 5.41 Å². The second kappa shape index (κ2) is 5.45. The largest absolute Gasteiger partial charge is 0.369 e. The molecule has 2 aromatic heterocycles. The van der Waals surface area contributed by atoms with Crippen LogP contribution in [0.3, 0.4) is 0 Å². The van der Waals surface area contributed by atoms with Gasteiger partial charge in [-0.25, -0.2) is 9.97 Å². The number of rotatable bonds is 4. The fraction of sp³-hybridized carbons (Fsp3) is 0.600. The molecular weight excluding hydrogens is 254 g/mol. The van der Waals surface area contributed by atoms with Crippen molar-refractivity contribution in [1.29, 1.82) is 0 Å². The molecule has 0 aliphatic rings. The Kier molecular flexibility index (Phi) is 4.09. The molecule has 0 atom stereocenters. The minimum absolute atomic E-state index is 0.210. The minimum atomic E-state index is 0.210. The van der Waals surface area contributed by atoms with Gasteiger partial charge in [-0.05, 0) is 24.8 Å². The zero-order valence-electron chi connectivity index (χ0n) is 12.5. The van der Waals surface area contributed by atoms with Gasteiger partial charge in [0.05, 0.1) is 5.39 Å². The van der Waals surface area contributed by atoms with Gasteiger partial charge in [-0.2, -0.15) is 0 Å². The van der Waals surface area contributed by atoms with Crippen molar-refractivity contribution >= 4 is 27.4 Å². The first kappa shape index (κ1) is 14.3. The van der Waals surface area contributed by atoms with E-state index < -0.39 is 0 Å². The van der Waals surface area contributed by atoms with Gasteiger partial charge < -0.3 is 5.32 Å². The zero-order valence-corrected chi connectivity index (χ0v) is 13.3. The van der Waals surface area contributed by atoms with Crippen LogP contribution in [-0.2, 0) is 6.42 Å². The molecule has 0 aromatic carbocycles.